The lowest BCUT2D eigenvalue weighted by atomic mass is 10.1. The molecule has 5 nitrogen and oxygen atoms in total. The summed E-state index contributed by atoms with van der Waals surface area (Å²) in [4.78, 5) is 0. The molecule has 0 saturated carbocycles. The standard InChI is InChI=1S/C18H21NO4S/c1-5-9-24(20,21)23-19-15-11-12(2)10-14(4)18(15)22-16-8-6-7-13(3)17(16)19/h6-8,10-11H,5,9H2,1-4H3. The van der Waals surface area contributed by atoms with Gasteiger partial charge in [0.2, 0.25) is 0 Å². The first-order valence-corrected chi connectivity index (χ1v) is 9.51. The Kier molecular flexibility index (Phi) is 4.27. The molecule has 0 N–H and O–H groups in total. The molecule has 6 heteroatoms. The number of anilines is 2. The summed E-state index contributed by atoms with van der Waals surface area (Å²) in [5, 5.41) is 1.40. The molecule has 1 heterocycles. The lowest BCUT2D eigenvalue weighted by Gasteiger charge is -2.33. The average Bonchev–Trinajstić information content (AvgIpc) is 2.48. The van der Waals surface area contributed by atoms with Crippen molar-refractivity contribution in [3.8, 4) is 11.5 Å². The van der Waals surface area contributed by atoms with Crippen molar-refractivity contribution >= 4 is 21.5 Å². The summed E-state index contributed by atoms with van der Waals surface area (Å²) < 4.78 is 36.1. The molecule has 0 saturated heterocycles. The number of hydrogen-bond acceptors (Lipinski definition) is 5. The molecule has 1 aliphatic rings. The minimum Gasteiger partial charge on any atom is -0.452 e. The van der Waals surface area contributed by atoms with Crippen LogP contribution in [-0.2, 0) is 14.4 Å². The molecule has 0 spiro atoms. The van der Waals surface area contributed by atoms with Crippen molar-refractivity contribution in [2.24, 2.45) is 0 Å². The van der Waals surface area contributed by atoms with Gasteiger partial charge >= 0.3 is 0 Å². The predicted octanol–water partition coefficient (Wildman–Crippen LogP) is 4.53. The van der Waals surface area contributed by atoms with E-state index in [4.69, 9.17) is 9.02 Å². The first-order valence-electron chi connectivity index (χ1n) is 7.93. The number of aryl methyl sites for hydroxylation is 3. The Hall–Kier alpha value is -2.05. The van der Waals surface area contributed by atoms with Crippen molar-refractivity contribution in [3.63, 3.8) is 0 Å². The van der Waals surface area contributed by atoms with E-state index >= 15 is 0 Å². The monoisotopic (exact) mass is 347 g/mol. The zero-order valence-corrected chi connectivity index (χ0v) is 15.1. The molecule has 2 aromatic carbocycles. The van der Waals surface area contributed by atoms with Crippen LogP contribution in [0.15, 0.2) is 30.3 Å². The molecular formula is C18H21NO4S. The first-order chi connectivity index (χ1) is 11.3. The zero-order valence-electron chi connectivity index (χ0n) is 14.3. The molecule has 0 aromatic heterocycles. The van der Waals surface area contributed by atoms with Crippen LogP contribution < -0.4 is 9.80 Å². The maximum atomic E-state index is 12.3. The molecule has 0 unspecified atom stereocenters. The Bertz CT molecular complexity index is 890. The fourth-order valence-corrected chi connectivity index (χ4v) is 3.86. The number of hydrogen-bond donors (Lipinski definition) is 0. The van der Waals surface area contributed by atoms with Gasteiger partial charge in [-0.1, -0.05) is 25.1 Å². The van der Waals surface area contributed by atoms with Gasteiger partial charge in [0.05, 0.1) is 5.75 Å². The molecule has 128 valence electrons. The van der Waals surface area contributed by atoms with Crippen LogP contribution in [0.5, 0.6) is 11.5 Å². The van der Waals surface area contributed by atoms with E-state index in [2.05, 4.69) is 0 Å². The Balaban J connectivity index is 2.20. The summed E-state index contributed by atoms with van der Waals surface area (Å²) in [6, 6.07) is 9.46. The predicted molar refractivity (Wildman–Crippen MR) is 94.5 cm³/mol. The van der Waals surface area contributed by atoms with Crippen LogP contribution in [0.3, 0.4) is 0 Å². The van der Waals surface area contributed by atoms with Gasteiger partial charge in [0.1, 0.15) is 11.4 Å². The van der Waals surface area contributed by atoms with Crippen molar-refractivity contribution in [1.29, 1.82) is 0 Å². The van der Waals surface area contributed by atoms with E-state index < -0.39 is 10.1 Å². The molecule has 0 radical (unpaired) electrons. The summed E-state index contributed by atoms with van der Waals surface area (Å²) in [6.45, 7) is 7.60. The minimum atomic E-state index is -3.69. The van der Waals surface area contributed by atoms with Crippen LogP contribution in [-0.4, -0.2) is 14.2 Å². The van der Waals surface area contributed by atoms with E-state index in [1.54, 1.807) is 0 Å². The molecule has 0 amide bonds. The van der Waals surface area contributed by atoms with Crippen molar-refractivity contribution in [3.05, 3.63) is 47.0 Å². The Morgan fingerprint density at radius 3 is 2.58 bits per heavy atom. The Morgan fingerprint density at radius 2 is 1.88 bits per heavy atom. The SMILES string of the molecule is CCCS(=O)(=O)ON1c2cc(C)cc(C)c2Oc2cccc(C)c21. The molecule has 24 heavy (non-hydrogen) atoms. The van der Waals surface area contributed by atoms with Gasteiger partial charge in [0.15, 0.2) is 11.5 Å². The Morgan fingerprint density at radius 1 is 1.12 bits per heavy atom. The van der Waals surface area contributed by atoms with Gasteiger partial charge in [-0.3, -0.25) is 0 Å². The highest BCUT2D eigenvalue weighted by Crippen LogP contribution is 2.50. The van der Waals surface area contributed by atoms with Crippen LogP contribution in [0.2, 0.25) is 0 Å². The highest BCUT2D eigenvalue weighted by Gasteiger charge is 2.31. The van der Waals surface area contributed by atoms with E-state index in [1.165, 1.54) is 5.06 Å². The molecule has 0 atom stereocenters. The fourth-order valence-electron chi connectivity index (χ4n) is 2.90. The molecule has 0 aliphatic carbocycles. The summed E-state index contributed by atoms with van der Waals surface area (Å²) >= 11 is 0. The molecular weight excluding hydrogens is 326 g/mol. The number of rotatable bonds is 4. The lowest BCUT2D eigenvalue weighted by molar-refractivity contribution is 0.307. The van der Waals surface area contributed by atoms with E-state index in [9.17, 15) is 8.42 Å². The molecule has 3 rings (SSSR count). The average molecular weight is 347 g/mol. The fraction of sp³-hybridized carbons (Fsp3) is 0.333. The third kappa shape index (κ3) is 2.99. The van der Waals surface area contributed by atoms with E-state index in [0.29, 0.717) is 29.3 Å². The molecule has 0 bridgehead atoms. The first kappa shape index (κ1) is 16.8. The summed E-state index contributed by atoms with van der Waals surface area (Å²) in [7, 11) is -3.69. The minimum absolute atomic E-state index is 0.0360. The third-order valence-corrected chi connectivity index (χ3v) is 5.16. The normalized spacial score (nSPS) is 13.2. The molecule has 0 fully saturated rings. The van der Waals surface area contributed by atoms with Gasteiger partial charge in [-0.2, -0.15) is 13.5 Å². The second kappa shape index (κ2) is 6.11. The number of nitrogens with zero attached hydrogens (tertiary/aromatic N) is 1. The zero-order chi connectivity index (χ0) is 17.5. The topological polar surface area (TPSA) is 55.8 Å². The highest BCUT2D eigenvalue weighted by molar-refractivity contribution is 7.86. The summed E-state index contributed by atoms with van der Waals surface area (Å²) in [5.74, 6) is 1.16. The van der Waals surface area contributed by atoms with Gasteiger partial charge in [0.25, 0.3) is 10.1 Å². The van der Waals surface area contributed by atoms with Crippen molar-refractivity contribution in [2.75, 3.05) is 10.8 Å². The van der Waals surface area contributed by atoms with Crippen molar-refractivity contribution in [2.45, 2.75) is 34.1 Å². The van der Waals surface area contributed by atoms with Crippen molar-refractivity contribution < 1.29 is 17.4 Å². The Labute approximate surface area is 142 Å². The number of ether oxygens (including phenoxy) is 1. The van der Waals surface area contributed by atoms with Gasteiger partial charge in [-0.05, 0) is 56.0 Å². The number of fused-ring (bicyclic) bond motifs is 2. The van der Waals surface area contributed by atoms with Gasteiger partial charge in [0, 0.05) is 0 Å². The second-order valence-corrected chi connectivity index (χ2v) is 7.76. The summed E-state index contributed by atoms with van der Waals surface area (Å²) in [5.41, 5.74) is 4.04. The van der Waals surface area contributed by atoms with Crippen LogP contribution in [0.1, 0.15) is 30.0 Å². The van der Waals surface area contributed by atoms with Crippen LogP contribution in [0, 0.1) is 20.8 Å². The quantitative estimate of drug-likeness (QED) is 0.813. The summed E-state index contributed by atoms with van der Waals surface area (Å²) in [6.07, 6.45) is 0.493. The largest absolute Gasteiger partial charge is 0.452 e. The van der Waals surface area contributed by atoms with Crippen LogP contribution in [0.25, 0.3) is 0 Å². The lowest BCUT2D eigenvalue weighted by Crippen LogP contribution is -2.27. The highest BCUT2D eigenvalue weighted by atomic mass is 32.2. The molecule has 1 aliphatic heterocycles. The maximum absolute atomic E-state index is 12.3. The van der Waals surface area contributed by atoms with Gasteiger partial charge in [-0.25, -0.2) is 0 Å². The third-order valence-electron chi connectivity index (χ3n) is 3.88. The van der Waals surface area contributed by atoms with Crippen LogP contribution in [0.4, 0.5) is 11.4 Å². The maximum Gasteiger partial charge on any atom is 0.288 e. The van der Waals surface area contributed by atoms with E-state index in [0.717, 1.165) is 16.7 Å². The second-order valence-electron chi connectivity index (χ2n) is 6.08. The van der Waals surface area contributed by atoms with Gasteiger partial charge < -0.3 is 4.74 Å². The van der Waals surface area contributed by atoms with Gasteiger partial charge in [-0.15, -0.1) is 4.28 Å². The van der Waals surface area contributed by atoms with Crippen LogP contribution >= 0.6 is 0 Å². The van der Waals surface area contributed by atoms with E-state index in [-0.39, 0.29) is 5.75 Å². The number of benzene rings is 2. The van der Waals surface area contributed by atoms with E-state index in [1.807, 2.05) is 58.0 Å². The molecule has 2 aromatic rings. The van der Waals surface area contributed by atoms with Crippen molar-refractivity contribution in [1.82, 2.24) is 0 Å². The smallest absolute Gasteiger partial charge is 0.288 e. The number of para-hydroxylation sites is 1.